The molecule has 1 aliphatic heterocycles. The first kappa shape index (κ1) is 16.3. The number of benzene rings is 1. The van der Waals surface area contributed by atoms with Gasteiger partial charge in [0, 0.05) is 18.9 Å². The number of aryl methyl sites for hydroxylation is 2. The fraction of sp³-hybridized carbons (Fsp3) is 0.526. The largest absolute Gasteiger partial charge is 0.472 e. The van der Waals surface area contributed by atoms with Gasteiger partial charge in [-0.15, -0.1) is 0 Å². The van der Waals surface area contributed by atoms with Crippen LogP contribution in [0.4, 0.5) is 0 Å². The highest BCUT2D eigenvalue weighted by Crippen LogP contribution is 2.40. The van der Waals surface area contributed by atoms with Crippen LogP contribution in [0.3, 0.4) is 0 Å². The Morgan fingerprint density at radius 1 is 1.20 bits per heavy atom. The summed E-state index contributed by atoms with van der Waals surface area (Å²) in [7, 11) is 1.41. The number of hydrogen-bond donors (Lipinski definition) is 1. The highest BCUT2D eigenvalue weighted by atomic mass is 16.5. The van der Waals surface area contributed by atoms with Crippen molar-refractivity contribution >= 4 is 16.9 Å². The summed E-state index contributed by atoms with van der Waals surface area (Å²) >= 11 is 0. The van der Waals surface area contributed by atoms with Gasteiger partial charge in [0.05, 0.1) is 18.0 Å². The number of rotatable bonds is 4. The fourth-order valence-electron chi connectivity index (χ4n) is 3.26. The van der Waals surface area contributed by atoms with Gasteiger partial charge in [0.1, 0.15) is 18.0 Å². The van der Waals surface area contributed by atoms with Crippen LogP contribution in [0.2, 0.25) is 0 Å². The van der Waals surface area contributed by atoms with Gasteiger partial charge in [-0.2, -0.15) is 4.98 Å². The smallest absolute Gasteiger partial charge is 0.323 e. The highest BCUT2D eigenvalue weighted by Gasteiger charge is 2.33. The number of carbonyl (C=O) groups excluding carboxylic acids is 1. The number of nitrogens with one attached hydrogen (secondary N) is 1. The SMILES string of the molecule is COC(=O)C1CC(Oc2nc(C3CC3)nc3cc(C)c(C)cc23)CN1. The second kappa shape index (κ2) is 6.26. The van der Waals surface area contributed by atoms with E-state index in [9.17, 15) is 4.79 Å². The fourth-order valence-corrected chi connectivity index (χ4v) is 3.26. The van der Waals surface area contributed by atoms with Gasteiger partial charge in [-0.3, -0.25) is 4.79 Å². The minimum Gasteiger partial charge on any atom is -0.472 e. The molecule has 0 radical (unpaired) electrons. The summed E-state index contributed by atoms with van der Waals surface area (Å²) in [5, 5.41) is 4.09. The van der Waals surface area contributed by atoms with Crippen LogP contribution in [0.5, 0.6) is 5.88 Å². The zero-order chi connectivity index (χ0) is 17.6. The molecule has 1 saturated carbocycles. The summed E-state index contributed by atoms with van der Waals surface area (Å²) in [4.78, 5) is 21.2. The number of fused-ring (bicyclic) bond motifs is 1. The molecule has 1 aromatic heterocycles. The van der Waals surface area contributed by atoms with E-state index in [0.717, 1.165) is 29.6 Å². The van der Waals surface area contributed by atoms with Crippen molar-refractivity contribution in [1.29, 1.82) is 0 Å². The first-order valence-corrected chi connectivity index (χ1v) is 8.82. The highest BCUT2D eigenvalue weighted by molar-refractivity contribution is 5.85. The quantitative estimate of drug-likeness (QED) is 0.861. The maximum absolute atomic E-state index is 11.7. The van der Waals surface area contributed by atoms with E-state index in [2.05, 4.69) is 31.3 Å². The van der Waals surface area contributed by atoms with Crippen molar-refractivity contribution in [2.45, 2.75) is 51.2 Å². The van der Waals surface area contributed by atoms with Crippen LogP contribution in [0.15, 0.2) is 12.1 Å². The maximum atomic E-state index is 11.7. The summed E-state index contributed by atoms with van der Waals surface area (Å²) in [6.07, 6.45) is 2.77. The zero-order valence-electron chi connectivity index (χ0n) is 14.8. The minimum atomic E-state index is -0.310. The average Bonchev–Trinajstić information content (AvgIpc) is 3.35. The number of esters is 1. The molecular formula is C19H23N3O3. The molecule has 6 heteroatoms. The predicted molar refractivity (Wildman–Crippen MR) is 93.8 cm³/mol. The van der Waals surface area contributed by atoms with E-state index in [1.165, 1.54) is 18.2 Å². The normalized spacial score (nSPS) is 23.0. The van der Waals surface area contributed by atoms with Gasteiger partial charge in [0.2, 0.25) is 5.88 Å². The van der Waals surface area contributed by atoms with E-state index in [4.69, 9.17) is 19.4 Å². The summed E-state index contributed by atoms with van der Waals surface area (Å²) in [5.41, 5.74) is 3.34. The molecule has 25 heavy (non-hydrogen) atoms. The summed E-state index contributed by atoms with van der Waals surface area (Å²) in [6, 6.07) is 3.89. The van der Waals surface area contributed by atoms with Crippen LogP contribution in [0.25, 0.3) is 10.9 Å². The van der Waals surface area contributed by atoms with Crippen molar-refractivity contribution in [3.63, 3.8) is 0 Å². The number of nitrogens with zero attached hydrogens (tertiary/aromatic N) is 2. The predicted octanol–water partition coefficient (Wildman–Crippen LogP) is 2.41. The number of aromatic nitrogens is 2. The van der Waals surface area contributed by atoms with E-state index in [-0.39, 0.29) is 18.1 Å². The van der Waals surface area contributed by atoms with Crippen molar-refractivity contribution in [2.75, 3.05) is 13.7 Å². The Kier molecular flexibility index (Phi) is 4.07. The Labute approximate surface area is 146 Å². The molecule has 2 unspecified atom stereocenters. The molecule has 2 atom stereocenters. The Morgan fingerprint density at radius 2 is 1.96 bits per heavy atom. The molecule has 2 heterocycles. The maximum Gasteiger partial charge on any atom is 0.323 e. The molecule has 4 rings (SSSR count). The van der Waals surface area contributed by atoms with Crippen molar-refractivity contribution in [3.8, 4) is 5.88 Å². The van der Waals surface area contributed by atoms with Gasteiger partial charge in [0.15, 0.2) is 0 Å². The molecule has 0 spiro atoms. The van der Waals surface area contributed by atoms with Crippen LogP contribution in [0.1, 0.15) is 42.1 Å². The molecule has 132 valence electrons. The molecule has 0 amide bonds. The molecule has 2 aliphatic rings. The van der Waals surface area contributed by atoms with Crippen LogP contribution in [-0.2, 0) is 9.53 Å². The Morgan fingerprint density at radius 3 is 2.68 bits per heavy atom. The van der Waals surface area contributed by atoms with Gasteiger partial charge >= 0.3 is 5.97 Å². The molecule has 6 nitrogen and oxygen atoms in total. The first-order valence-electron chi connectivity index (χ1n) is 8.82. The van der Waals surface area contributed by atoms with E-state index in [1.54, 1.807) is 0 Å². The van der Waals surface area contributed by atoms with E-state index in [1.807, 2.05) is 0 Å². The molecule has 0 bridgehead atoms. The number of ether oxygens (including phenoxy) is 2. The lowest BCUT2D eigenvalue weighted by atomic mass is 10.1. The lowest BCUT2D eigenvalue weighted by molar-refractivity contribution is -0.142. The zero-order valence-corrected chi connectivity index (χ0v) is 14.8. The topological polar surface area (TPSA) is 73.3 Å². The number of methoxy groups -OCH3 is 1. The Bertz CT molecular complexity index is 832. The van der Waals surface area contributed by atoms with Crippen molar-refractivity contribution < 1.29 is 14.3 Å². The van der Waals surface area contributed by atoms with Crippen LogP contribution < -0.4 is 10.1 Å². The van der Waals surface area contributed by atoms with Gasteiger partial charge in [0.25, 0.3) is 0 Å². The lowest BCUT2D eigenvalue weighted by Gasteiger charge is -2.15. The van der Waals surface area contributed by atoms with E-state index in [0.29, 0.717) is 24.8 Å². The molecule has 2 fully saturated rings. The second-order valence-electron chi connectivity index (χ2n) is 7.07. The molecule has 1 saturated heterocycles. The minimum absolute atomic E-state index is 0.101. The number of hydrogen-bond acceptors (Lipinski definition) is 6. The molecule has 2 aromatic rings. The third kappa shape index (κ3) is 3.18. The molecule has 1 aliphatic carbocycles. The molecular weight excluding hydrogens is 318 g/mol. The first-order chi connectivity index (χ1) is 12.0. The number of carbonyl (C=O) groups is 1. The van der Waals surface area contributed by atoms with Gasteiger partial charge in [-0.05, 0) is 49.9 Å². The van der Waals surface area contributed by atoms with Crippen molar-refractivity contribution in [2.24, 2.45) is 0 Å². The average molecular weight is 341 g/mol. The van der Waals surface area contributed by atoms with E-state index >= 15 is 0 Å². The molecule has 1 aromatic carbocycles. The summed E-state index contributed by atoms with van der Waals surface area (Å²) < 4.78 is 11.0. The third-order valence-corrected chi connectivity index (χ3v) is 5.09. The summed E-state index contributed by atoms with van der Waals surface area (Å²) in [5.74, 6) is 1.72. The van der Waals surface area contributed by atoms with Gasteiger partial charge in [-0.25, -0.2) is 4.98 Å². The second-order valence-corrected chi connectivity index (χ2v) is 7.07. The van der Waals surface area contributed by atoms with Gasteiger partial charge in [-0.1, -0.05) is 0 Å². The third-order valence-electron chi connectivity index (χ3n) is 5.09. The van der Waals surface area contributed by atoms with Crippen LogP contribution in [-0.4, -0.2) is 41.7 Å². The van der Waals surface area contributed by atoms with Gasteiger partial charge < -0.3 is 14.8 Å². The standard InChI is InChI=1S/C19H23N3O3/c1-10-6-14-15(7-11(10)2)21-17(12-4-5-12)22-18(14)25-13-8-16(20-9-13)19(23)24-3/h6-7,12-13,16,20H,4-5,8-9H2,1-3H3. The summed E-state index contributed by atoms with van der Waals surface area (Å²) in [6.45, 7) is 4.78. The van der Waals surface area contributed by atoms with E-state index < -0.39 is 0 Å². The lowest BCUT2D eigenvalue weighted by Crippen LogP contribution is -2.31. The van der Waals surface area contributed by atoms with Crippen molar-refractivity contribution in [1.82, 2.24) is 15.3 Å². The van der Waals surface area contributed by atoms with Crippen LogP contribution in [0, 0.1) is 13.8 Å². The Balaban J connectivity index is 1.66. The van der Waals surface area contributed by atoms with Crippen LogP contribution >= 0.6 is 0 Å². The van der Waals surface area contributed by atoms with Crippen molar-refractivity contribution in [3.05, 3.63) is 29.1 Å². The Hall–Kier alpha value is -2.21. The monoisotopic (exact) mass is 341 g/mol. The molecule has 1 N–H and O–H groups in total.